The first-order chi connectivity index (χ1) is 25.2. The molecule has 1 atom stereocenters. The Bertz CT molecular complexity index is 2100. The number of nitrogens with one attached hydrogen (secondary N) is 2. The molecular weight excluding hydrogens is 725 g/mol. The molecule has 4 rings (SSSR count). The number of hydrogen-bond acceptors (Lipinski definition) is 12. The number of carbonyl (C=O) groups is 2. The van der Waals surface area contributed by atoms with Crippen LogP contribution in [0.15, 0.2) is 94.7 Å². The second kappa shape index (κ2) is 18.6. The number of rotatable bonds is 19. The second-order valence-electron chi connectivity index (χ2n) is 12.0. The molecule has 6 N–H and O–H groups in total. The number of nitrogens with two attached hydrogens (primary N) is 2. The topological polar surface area (TPSA) is 215 Å². The molecule has 14 nitrogen and oxygen atoms in total. The fourth-order valence-electron chi connectivity index (χ4n) is 4.91. The zero-order valence-corrected chi connectivity index (χ0v) is 31.3. The lowest BCUT2D eigenvalue weighted by Gasteiger charge is -2.19. The van der Waals surface area contributed by atoms with Gasteiger partial charge in [-0.05, 0) is 68.3 Å². The third kappa shape index (κ3) is 11.7. The number of benzene rings is 4. The minimum absolute atomic E-state index is 0.0868. The lowest BCUT2D eigenvalue weighted by molar-refractivity contribution is 0.00445. The van der Waals surface area contributed by atoms with Crippen LogP contribution >= 0.6 is 0 Å². The van der Waals surface area contributed by atoms with Crippen molar-refractivity contribution in [1.82, 2.24) is 0 Å². The van der Waals surface area contributed by atoms with Gasteiger partial charge in [0, 0.05) is 13.1 Å². The van der Waals surface area contributed by atoms with Gasteiger partial charge in [-0.3, -0.25) is 0 Å². The molecule has 0 bridgehead atoms. The third-order valence-electron chi connectivity index (χ3n) is 7.57. The highest BCUT2D eigenvalue weighted by atomic mass is 32.2. The van der Waals surface area contributed by atoms with Crippen LogP contribution in [0.2, 0.25) is 0 Å². The predicted octanol–water partition coefficient (Wildman–Crippen LogP) is 6.39. The van der Waals surface area contributed by atoms with Gasteiger partial charge in [0.1, 0.15) is 34.0 Å². The number of hydrogen-bond donors (Lipinski definition) is 4. The second-order valence-corrected chi connectivity index (χ2v) is 15.1. The number of anilines is 2. The lowest BCUT2D eigenvalue weighted by Crippen LogP contribution is -2.23. The molecule has 1 unspecified atom stereocenters. The molecule has 0 saturated carbocycles. The summed E-state index contributed by atoms with van der Waals surface area (Å²) in [5.41, 5.74) is 0.102. The molecule has 0 aliphatic carbocycles. The highest BCUT2D eigenvalue weighted by molar-refractivity contribution is 7.89. The Kier molecular flexibility index (Phi) is 14.2. The highest BCUT2D eigenvalue weighted by Crippen LogP contribution is 2.39. The summed E-state index contributed by atoms with van der Waals surface area (Å²) in [6, 6.07) is 21.9. The van der Waals surface area contributed by atoms with E-state index in [-0.39, 0.29) is 34.0 Å². The first-order valence-corrected chi connectivity index (χ1v) is 20.0. The van der Waals surface area contributed by atoms with E-state index in [0.717, 1.165) is 37.8 Å². The van der Waals surface area contributed by atoms with Gasteiger partial charge in [0.05, 0.1) is 22.5 Å². The molecule has 0 aromatic heterocycles. The van der Waals surface area contributed by atoms with Gasteiger partial charge < -0.3 is 29.6 Å². The van der Waals surface area contributed by atoms with E-state index in [2.05, 4.69) is 10.6 Å². The van der Waals surface area contributed by atoms with Gasteiger partial charge in [-0.15, -0.1) is 0 Å². The lowest BCUT2D eigenvalue weighted by atomic mass is 10.1. The minimum atomic E-state index is -4.40. The molecule has 4 aromatic carbocycles. The molecule has 0 amide bonds. The maximum atomic E-state index is 13.3. The van der Waals surface area contributed by atoms with E-state index >= 15 is 0 Å². The summed E-state index contributed by atoms with van der Waals surface area (Å²) in [6.45, 7) is 5.88. The van der Waals surface area contributed by atoms with Gasteiger partial charge in [-0.25, -0.2) is 36.7 Å². The van der Waals surface area contributed by atoms with Crippen molar-refractivity contribution in [2.24, 2.45) is 10.3 Å². The van der Waals surface area contributed by atoms with Crippen LogP contribution in [0.4, 0.5) is 11.4 Å². The van der Waals surface area contributed by atoms with E-state index in [1.807, 2.05) is 13.8 Å². The van der Waals surface area contributed by atoms with E-state index in [4.69, 9.17) is 29.2 Å². The summed E-state index contributed by atoms with van der Waals surface area (Å²) in [6.07, 6.45) is 2.14. The number of para-hydroxylation sites is 2. The molecular formula is C37H44N4O10S2. The van der Waals surface area contributed by atoms with Gasteiger partial charge >= 0.3 is 11.9 Å². The molecule has 0 radical (unpaired) electrons. The molecule has 0 aliphatic heterocycles. The zero-order chi connectivity index (χ0) is 38.6. The highest BCUT2D eigenvalue weighted by Gasteiger charge is 2.27. The number of carbonyl (C=O) groups excluding carboxylic acids is 2. The Labute approximate surface area is 309 Å². The largest absolute Gasteiger partial charge is 0.458 e. The van der Waals surface area contributed by atoms with Gasteiger partial charge in [0.2, 0.25) is 20.0 Å². The molecule has 0 fully saturated rings. The fourth-order valence-corrected chi connectivity index (χ4v) is 6.31. The van der Waals surface area contributed by atoms with E-state index in [1.54, 1.807) is 60.7 Å². The zero-order valence-electron chi connectivity index (χ0n) is 29.7. The Balaban J connectivity index is 1.57. The van der Waals surface area contributed by atoms with Crippen molar-refractivity contribution >= 4 is 43.4 Å². The van der Waals surface area contributed by atoms with Gasteiger partial charge in [-0.2, -0.15) is 0 Å². The van der Waals surface area contributed by atoms with Crippen molar-refractivity contribution in [3.63, 3.8) is 0 Å². The summed E-state index contributed by atoms with van der Waals surface area (Å²) in [5, 5.41) is 17.4. The average Bonchev–Trinajstić information content (AvgIpc) is 3.11. The van der Waals surface area contributed by atoms with Crippen LogP contribution in [0, 0.1) is 0 Å². The first-order valence-electron chi connectivity index (χ1n) is 16.9. The van der Waals surface area contributed by atoms with Gasteiger partial charge in [0.15, 0.2) is 11.5 Å². The summed E-state index contributed by atoms with van der Waals surface area (Å²) in [5.74, 6) is -1.33. The average molecular weight is 769 g/mol. The van der Waals surface area contributed by atoms with Crippen molar-refractivity contribution in [3.8, 4) is 23.0 Å². The van der Waals surface area contributed by atoms with Crippen LogP contribution < -0.4 is 30.4 Å². The molecule has 0 heterocycles. The number of sulfonamides is 2. The van der Waals surface area contributed by atoms with Gasteiger partial charge in [-0.1, -0.05) is 63.1 Å². The number of esters is 2. The molecule has 0 saturated heterocycles. The molecule has 0 spiro atoms. The van der Waals surface area contributed by atoms with Crippen LogP contribution in [0.5, 0.6) is 23.0 Å². The van der Waals surface area contributed by atoms with Gasteiger partial charge in [0.25, 0.3) is 0 Å². The maximum absolute atomic E-state index is 13.3. The standard InChI is InChI=1S/C37H44N4O10S2/c1-4-6-18-40-30-20-26(22-32(52(38,44)45)34(30)50-28-14-10-8-11-15-28)36(42)48-24-25(3)49-37(43)27-21-31(41-19-7-5-2)35(33(23-27)53(39,46)47)51-29-16-12-9-13-17-29/h8-17,20-23,25,40-41H,4-7,18-19,24H2,1-3H3,(H2,38,44,45)(H2,39,46,47). The van der Waals surface area contributed by atoms with E-state index in [9.17, 15) is 26.4 Å². The van der Waals surface area contributed by atoms with E-state index in [0.29, 0.717) is 24.6 Å². The van der Waals surface area contributed by atoms with Crippen LogP contribution in [0.25, 0.3) is 0 Å². The Morgan fingerprint density at radius 2 is 1.08 bits per heavy atom. The third-order valence-corrected chi connectivity index (χ3v) is 9.40. The van der Waals surface area contributed by atoms with Crippen LogP contribution in [0.1, 0.15) is 67.2 Å². The minimum Gasteiger partial charge on any atom is -0.458 e. The number of unbranched alkanes of at least 4 members (excludes halogenated alkanes) is 2. The molecule has 16 heteroatoms. The quantitative estimate of drug-likeness (QED) is 0.0603. The Morgan fingerprint density at radius 3 is 1.47 bits per heavy atom. The van der Waals surface area contributed by atoms with Crippen molar-refractivity contribution in [3.05, 3.63) is 96.1 Å². The monoisotopic (exact) mass is 768 g/mol. The van der Waals surface area contributed by atoms with Crippen LogP contribution in [-0.4, -0.2) is 54.6 Å². The molecule has 4 aromatic rings. The number of ether oxygens (including phenoxy) is 4. The van der Waals surface area contributed by atoms with Crippen molar-refractivity contribution in [1.29, 1.82) is 0 Å². The Morgan fingerprint density at radius 1 is 0.660 bits per heavy atom. The normalized spacial score (nSPS) is 12.0. The van der Waals surface area contributed by atoms with Crippen molar-refractivity contribution in [2.45, 2.75) is 62.3 Å². The smallest absolute Gasteiger partial charge is 0.338 e. The van der Waals surface area contributed by atoms with E-state index in [1.165, 1.54) is 19.1 Å². The summed E-state index contributed by atoms with van der Waals surface area (Å²) in [7, 11) is -8.79. The van der Waals surface area contributed by atoms with E-state index < -0.39 is 54.5 Å². The van der Waals surface area contributed by atoms with Crippen molar-refractivity contribution in [2.75, 3.05) is 30.3 Å². The maximum Gasteiger partial charge on any atom is 0.338 e. The van der Waals surface area contributed by atoms with Crippen LogP contribution in [-0.2, 0) is 29.5 Å². The summed E-state index contributed by atoms with van der Waals surface area (Å²) >= 11 is 0. The molecule has 53 heavy (non-hydrogen) atoms. The number of primary sulfonamides is 2. The van der Waals surface area contributed by atoms with Crippen molar-refractivity contribution < 1.29 is 45.4 Å². The fraction of sp³-hybridized carbons (Fsp3) is 0.297. The molecule has 284 valence electrons. The summed E-state index contributed by atoms with van der Waals surface area (Å²) < 4.78 is 73.7. The molecule has 0 aliphatic rings. The predicted molar refractivity (Wildman–Crippen MR) is 201 cm³/mol. The Hall–Kier alpha value is -5.16. The van der Waals surface area contributed by atoms with Crippen LogP contribution in [0.3, 0.4) is 0 Å². The first kappa shape index (κ1) is 40.6. The SMILES string of the molecule is CCCCNc1cc(C(=O)OCC(C)OC(=O)c2cc(NCCCC)c(Oc3ccccc3)c(S(N)(=O)=O)c2)cc(S(N)(=O)=O)c1Oc1ccccc1. The summed E-state index contributed by atoms with van der Waals surface area (Å²) in [4.78, 5) is 25.7.